The van der Waals surface area contributed by atoms with Crippen LogP contribution in [0.1, 0.15) is 46.0 Å². The third-order valence-electron chi connectivity index (χ3n) is 3.81. The third kappa shape index (κ3) is 5.84. The Hall–Kier alpha value is -0.120. The quantitative estimate of drug-likeness (QED) is 0.706. The summed E-state index contributed by atoms with van der Waals surface area (Å²) in [6, 6.07) is 1.30. The summed E-state index contributed by atoms with van der Waals surface area (Å²) in [4.78, 5) is 2.64. The highest BCUT2D eigenvalue weighted by molar-refractivity contribution is 4.76. The summed E-state index contributed by atoms with van der Waals surface area (Å²) in [5.74, 6) is 0. The van der Waals surface area contributed by atoms with E-state index in [4.69, 9.17) is 4.74 Å². The van der Waals surface area contributed by atoms with E-state index in [-0.39, 0.29) is 0 Å². The first-order valence-electron chi connectivity index (χ1n) is 7.24. The first-order chi connectivity index (χ1) is 8.27. The molecule has 0 bridgehead atoms. The van der Waals surface area contributed by atoms with Crippen LogP contribution in [0.4, 0.5) is 0 Å². The average molecular weight is 242 g/mol. The average Bonchev–Trinajstić information content (AvgIpc) is 2.36. The molecule has 1 aliphatic rings. The first-order valence-corrected chi connectivity index (χ1v) is 7.24. The van der Waals surface area contributed by atoms with Crippen molar-refractivity contribution in [3.05, 3.63) is 0 Å². The standard InChI is InChI=1S/C14H30N2O/c1-4-16(14-8-6-5-7-9-14)11-10-15-13(2)12-17-3/h13-15H,4-12H2,1-3H3. The summed E-state index contributed by atoms with van der Waals surface area (Å²) in [5, 5.41) is 3.52. The highest BCUT2D eigenvalue weighted by Gasteiger charge is 2.19. The highest BCUT2D eigenvalue weighted by atomic mass is 16.5. The minimum Gasteiger partial charge on any atom is -0.383 e. The molecule has 0 radical (unpaired) electrons. The molecule has 1 aliphatic carbocycles. The number of hydrogen-bond donors (Lipinski definition) is 1. The van der Waals surface area contributed by atoms with E-state index in [9.17, 15) is 0 Å². The minimum atomic E-state index is 0.463. The molecule has 0 aromatic heterocycles. The molecule has 0 saturated heterocycles. The molecule has 3 heteroatoms. The van der Waals surface area contributed by atoms with E-state index in [0.717, 1.165) is 19.2 Å². The van der Waals surface area contributed by atoms with E-state index >= 15 is 0 Å². The zero-order chi connectivity index (χ0) is 12.5. The van der Waals surface area contributed by atoms with Gasteiger partial charge in [0, 0.05) is 32.3 Å². The Morgan fingerprint density at radius 1 is 1.29 bits per heavy atom. The van der Waals surface area contributed by atoms with Gasteiger partial charge in [-0.25, -0.2) is 0 Å². The van der Waals surface area contributed by atoms with E-state index in [1.165, 1.54) is 45.2 Å². The van der Waals surface area contributed by atoms with Crippen molar-refractivity contribution in [1.29, 1.82) is 0 Å². The largest absolute Gasteiger partial charge is 0.383 e. The summed E-state index contributed by atoms with van der Waals surface area (Å²) in [5.41, 5.74) is 0. The number of nitrogens with one attached hydrogen (secondary N) is 1. The van der Waals surface area contributed by atoms with Crippen LogP contribution < -0.4 is 5.32 Å². The van der Waals surface area contributed by atoms with E-state index < -0.39 is 0 Å². The van der Waals surface area contributed by atoms with Gasteiger partial charge in [-0.3, -0.25) is 4.90 Å². The lowest BCUT2D eigenvalue weighted by atomic mass is 9.94. The monoisotopic (exact) mass is 242 g/mol. The number of methoxy groups -OCH3 is 1. The van der Waals surface area contributed by atoms with Gasteiger partial charge in [0.15, 0.2) is 0 Å². The van der Waals surface area contributed by atoms with Gasteiger partial charge in [0.05, 0.1) is 6.61 Å². The number of likely N-dealkylation sites (N-methyl/N-ethyl adjacent to an activating group) is 1. The van der Waals surface area contributed by atoms with Gasteiger partial charge < -0.3 is 10.1 Å². The highest BCUT2D eigenvalue weighted by Crippen LogP contribution is 2.21. The molecule has 0 aromatic rings. The molecule has 0 spiro atoms. The second-order valence-electron chi connectivity index (χ2n) is 5.23. The zero-order valence-electron chi connectivity index (χ0n) is 11.9. The molecule has 1 N–H and O–H groups in total. The summed E-state index contributed by atoms with van der Waals surface area (Å²) in [7, 11) is 1.76. The van der Waals surface area contributed by atoms with Crippen molar-refractivity contribution in [3.8, 4) is 0 Å². The van der Waals surface area contributed by atoms with Crippen LogP contribution in [0.25, 0.3) is 0 Å². The van der Waals surface area contributed by atoms with Crippen LogP contribution in [0.5, 0.6) is 0 Å². The van der Waals surface area contributed by atoms with E-state index in [0.29, 0.717) is 6.04 Å². The predicted molar refractivity (Wildman–Crippen MR) is 73.5 cm³/mol. The molecule has 1 fully saturated rings. The van der Waals surface area contributed by atoms with Gasteiger partial charge in [-0.15, -0.1) is 0 Å². The van der Waals surface area contributed by atoms with Gasteiger partial charge in [0.2, 0.25) is 0 Å². The normalized spacial score (nSPS) is 19.8. The van der Waals surface area contributed by atoms with Crippen molar-refractivity contribution in [2.24, 2.45) is 0 Å². The Bertz CT molecular complexity index is 181. The van der Waals surface area contributed by atoms with E-state index in [1.807, 2.05) is 0 Å². The number of nitrogens with zero attached hydrogens (tertiary/aromatic N) is 1. The Morgan fingerprint density at radius 3 is 2.59 bits per heavy atom. The van der Waals surface area contributed by atoms with Gasteiger partial charge in [0.25, 0.3) is 0 Å². The molecule has 102 valence electrons. The van der Waals surface area contributed by atoms with Crippen molar-refractivity contribution in [1.82, 2.24) is 10.2 Å². The van der Waals surface area contributed by atoms with Crippen LogP contribution >= 0.6 is 0 Å². The second kappa shape index (κ2) is 8.90. The van der Waals surface area contributed by atoms with Gasteiger partial charge in [0.1, 0.15) is 0 Å². The number of hydrogen-bond acceptors (Lipinski definition) is 3. The number of ether oxygens (including phenoxy) is 1. The Morgan fingerprint density at radius 2 is 2.00 bits per heavy atom. The zero-order valence-corrected chi connectivity index (χ0v) is 11.9. The lowest BCUT2D eigenvalue weighted by Gasteiger charge is -2.33. The Balaban J connectivity index is 2.17. The van der Waals surface area contributed by atoms with Crippen molar-refractivity contribution in [2.45, 2.75) is 58.0 Å². The molecule has 1 atom stereocenters. The van der Waals surface area contributed by atoms with Gasteiger partial charge >= 0.3 is 0 Å². The molecule has 1 unspecified atom stereocenters. The summed E-state index contributed by atoms with van der Waals surface area (Å²) in [6.07, 6.45) is 7.10. The predicted octanol–water partition coefficient (Wildman–Crippen LogP) is 2.27. The molecule has 0 aliphatic heterocycles. The minimum absolute atomic E-state index is 0.463. The fourth-order valence-electron chi connectivity index (χ4n) is 2.81. The van der Waals surface area contributed by atoms with Crippen LogP contribution in [0, 0.1) is 0 Å². The second-order valence-corrected chi connectivity index (χ2v) is 5.23. The third-order valence-corrected chi connectivity index (χ3v) is 3.81. The molecule has 3 nitrogen and oxygen atoms in total. The van der Waals surface area contributed by atoms with Gasteiger partial charge in [-0.1, -0.05) is 26.2 Å². The van der Waals surface area contributed by atoms with Crippen molar-refractivity contribution < 1.29 is 4.74 Å². The maximum atomic E-state index is 5.13. The lowest BCUT2D eigenvalue weighted by Crippen LogP contribution is -2.43. The maximum absolute atomic E-state index is 5.13. The molecular weight excluding hydrogens is 212 g/mol. The Kier molecular flexibility index (Phi) is 7.82. The van der Waals surface area contributed by atoms with Crippen LogP contribution in [-0.4, -0.2) is 50.3 Å². The molecule has 0 heterocycles. The smallest absolute Gasteiger partial charge is 0.0613 e. The summed E-state index contributed by atoms with van der Waals surface area (Å²) >= 11 is 0. The van der Waals surface area contributed by atoms with Crippen molar-refractivity contribution >= 4 is 0 Å². The fourth-order valence-corrected chi connectivity index (χ4v) is 2.81. The fraction of sp³-hybridized carbons (Fsp3) is 1.00. The Labute approximate surface area is 107 Å². The van der Waals surface area contributed by atoms with Crippen molar-refractivity contribution in [2.75, 3.05) is 33.4 Å². The van der Waals surface area contributed by atoms with Crippen molar-refractivity contribution in [3.63, 3.8) is 0 Å². The molecule has 1 saturated carbocycles. The lowest BCUT2D eigenvalue weighted by molar-refractivity contribution is 0.150. The molecule has 0 aromatic carbocycles. The topological polar surface area (TPSA) is 24.5 Å². The van der Waals surface area contributed by atoms with Gasteiger partial charge in [-0.2, -0.15) is 0 Å². The van der Waals surface area contributed by atoms with E-state index in [2.05, 4.69) is 24.1 Å². The summed E-state index contributed by atoms with van der Waals surface area (Å²) in [6.45, 7) is 8.71. The number of rotatable bonds is 8. The molecule has 1 rings (SSSR count). The van der Waals surface area contributed by atoms with Crippen LogP contribution in [0.2, 0.25) is 0 Å². The molecule has 17 heavy (non-hydrogen) atoms. The maximum Gasteiger partial charge on any atom is 0.0613 e. The molecule has 0 amide bonds. The summed E-state index contributed by atoms with van der Waals surface area (Å²) < 4.78 is 5.13. The van der Waals surface area contributed by atoms with E-state index in [1.54, 1.807) is 7.11 Å². The van der Waals surface area contributed by atoms with Crippen LogP contribution in [0.15, 0.2) is 0 Å². The van der Waals surface area contributed by atoms with Crippen LogP contribution in [-0.2, 0) is 4.74 Å². The van der Waals surface area contributed by atoms with Crippen LogP contribution in [0.3, 0.4) is 0 Å². The first kappa shape index (κ1) is 14.9. The molecular formula is C14H30N2O. The van der Waals surface area contributed by atoms with Gasteiger partial charge in [-0.05, 0) is 26.3 Å². The SMILES string of the molecule is CCN(CCNC(C)COC)C1CCCCC1.